The van der Waals surface area contributed by atoms with E-state index in [0.29, 0.717) is 0 Å². The molecule has 0 aliphatic carbocycles. The number of aliphatic carboxylic acids is 1. The largest absolute Gasteiger partial charge is 0.550 e. The predicted molar refractivity (Wildman–Crippen MR) is 99.5 cm³/mol. The van der Waals surface area contributed by atoms with E-state index in [1.54, 1.807) is 0 Å². The van der Waals surface area contributed by atoms with Crippen LogP contribution < -0.4 is 11.3 Å². The van der Waals surface area contributed by atoms with Crippen molar-refractivity contribution in [2.24, 2.45) is 0 Å². The van der Waals surface area contributed by atoms with Crippen LogP contribution in [0.5, 0.6) is 0 Å². The summed E-state index contributed by atoms with van der Waals surface area (Å²) in [4.78, 5) is 10.2. The smallest absolute Gasteiger partial charge is 0.0414 e. The Balaban J connectivity index is 0. The van der Waals surface area contributed by atoms with Crippen LogP contribution in [0.3, 0.4) is 0 Å². The summed E-state index contributed by atoms with van der Waals surface area (Å²) in [5, 5.41) is 10.2. The van der Waals surface area contributed by atoms with Crippen LogP contribution >= 0.6 is 0 Å². The minimum absolute atomic E-state index is 0. The molecule has 3 nitrogen and oxygen atoms in total. The predicted octanol–water partition coefficient (Wildman–Crippen LogP) is 5.48. The van der Waals surface area contributed by atoms with Gasteiger partial charge < -0.3 is 16.1 Å². The zero-order chi connectivity index (χ0) is 16.3. The van der Waals surface area contributed by atoms with Crippen LogP contribution in [0.2, 0.25) is 0 Å². The number of carbonyl (C=O) groups excluding carboxylic acids is 1. The third-order valence-electron chi connectivity index (χ3n) is 3.52. The van der Waals surface area contributed by atoms with Gasteiger partial charge in [0.25, 0.3) is 0 Å². The van der Waals surface area contributed by atoms with E-state index in [4.69, 9.17) is 0 Å². The van der Waals surface area contributed by atoms with Crippen molar-refractivity contribution in [3.8, 4) is 0 Å². The van der Waals surface area contributed by atoms with Crippen molar-refractivity contribution in [1.29, 1.82) is 0 Å². The normalized spacial score (nSPS) is 11.5. The van der Waals surface area contributed by atoms with Crippen LogP contribution in [-0.2, 0) is 4.79 Å². The van der Waals surface area contributed by atoms with Gasteiger partial charge in [0.05, 0.1) is 0 Å². The Morgan fingerprint density at radius 2 is 1.22 bits per heavy atom. The Morgan fingerprint density at radius 3 is 1.74 bits per heavy atom. The number of carboxylic acids is 1. The number of hydrogen-bond donors (Lipinski definition) is 1. The molecule has 0 aromatic heterocycles. The second kappa shape index (κ2) is 20.6. The molecule has 0 saturated carbocycles. The monoisotopic (exact) mass is 323 g/mol. The highest BCUT2D eigenvalue weighted by Crippen LogP contribution is 2.06. The van der Waals surface area contributed by atoms with E-state index in [0.717, 1.165) is 44.9 Å². The molecule has 0 fully saturated rings. The van der Waals surface area contributed by atoms with Crippen molar-refractivity contribution >= 4 is 5.97 Å². The SMILES string of the molecule is CCCCC/C=C\C/C=C\C/C=C\CCCCCCC(=O)[O-].[NH4+]. The van der Waals surface area contributed by atoms with E-state index < -0.39 is 5.97 Å². The maximum Gasteiger partial charge on any atom is 0.0414 e. The quantitative estimate of drug-likeness (QED) is 0.320. The molecule has 4 N–H and O–H groups in total. The number of rotatable bonds is 15. The third kappa shape index (κ3) is 23.1. The zero-order valence-electron chi connectivity index (χ0n) is 15.3. The van der Waals surface area contributed by atoms with Crippen LogP contribution in [0.15, 0.2) is 36.5 Å². The van der Waals surface area contributed by atoms with Gasteiger partial charge in [0.15, 0.2) is 0 Å². The van der Waals surface area contributed by atoms with Crippen molar-refractivity contribution in [2.75, 3.05) is 0 Å². The van der Waals surface area contributed by atoms with Crippen molar-refractivity contribution in [3.63, 3.8) is 0 Å². The van der Waals surface area contributed by atoms with Gasteiger partial charge in [-0.3, -0.25) is 0 Å². The van der Waals surface area contributed by atoms with E-state index >= 15 is 0 Å². The summed E-state index contributed by atoms with van der Waals surface area (Å²) in [5.74, 6) is -0.928. The minimum Gasteiger partial charge on any atom is -0.550 e. The van der Waals surface area contributed by atoms with Crippen molar-refractivity contribution in [1.82, 2.24) is 6.15 Å². The summed E-state index contributed by atoms with van der Waals surface area (Å²) in [6.45, 7) is 2.23. The fourth-order valence-corrected chi connectivity index (χ4v) is 2.18. The van der Waals surface area contributed by atoms with Gasteiger partial charge in [-0.15, -0.1) is 0 Å². The Labute approximate surface area is 143 Å². The van der Waals surface area contributed by atoms with Gasteiger partial charge in [-0.1, -0.05) is 69.1 Å². The molecule has 0 aliphatic rings. The van der Waals surface area contributed by atoms with Gasteiger partial charge in [-0.05, 0) is 51.4 Å². The summed E-state index contributed by atoms with van der Waals surface area (Å²) >= 11 is 0. The lowest BCUT2D eigenvalue weighted by molar-refractivity contribution is -0.305. The van der Waals surface area contributed by atoms with Gasteiger partial charge in [-0.2, -0.15) is 0 Å². The highest BCUT2D eigenvalue weighted by molar-refractivity contribution is 5.63. The molecular formula is C20H37NO2. The molecule has 0 saturated heterocycles. The van der Waals surface area contributed by atoms with E-state index in [1.165, 1.54) is 25.7 Å². The van der Waals surface area contributed by atoms with Gasteiger partial charge in [0.1, 0.15) is 0 Å². The second-order valence-corrected chi connectivity index (χ2v) is 5.71. The average molecular weight is 324 g/mol. The zero-order valence-corrected chi connectivity index (χ0v) is 15.3. The number of unbranched alkanes of at least 4 members (excludes halogenated alkanes) is 7. The number of quaternary nitrogens is 1. The average Bonchev–Trinajstić information content (AvgIpc) is 2.50. The summed E-state index contributed by atoms with van der Waals surface area (Å²) in [6.07, 6.45) is 25.9. The first-order chi connectivity index (χ1) is 10.8. The van der Waals surface area contributed by atoms with Crippen molar-refractivity contribution in [2.45, 2.75) is 84.0 Å². The minimum atomic E-state index is -0.928. The van der Waals surface area contributed by atoms with E-state index in [1.807, 2.05) is 0 Å². The third-order valence-corrected chi connectivity index (χ3v) is 3.52. The standard InChI is InChI=1S/C20H34O2.H3N/c1-2-3-4-5-6-7-8-9-10-11-12-13-14-15-16-17-18-19-20(21)22;/h6-7,9-10,12-13H,2-5,8,11,14-19H2,1H3,(H,21,22);1H3/b7-6-,10-9-,13-12-;. The molecule has 0 aromatic carbocycles. The first kappa shape index (κ1) is 23.9. The molecule has 0 heterocycles. The molecule has 0 atom stereocenters. The Morgan fingerprint density at radius 1 is 0.739 bits per heavy atom. The van der Waals surface area contributed by atoms with E-state index in [2.05, 4.69) is 43.4 Å². The summed E-state index contributed by atoms with van der Waals surface area (Å²) in [7, 11) is 0. The molecule has 3 heteroatoms. The maximum atomic E-state index is 10.2. The lowest BCUT2D eigenvalue weighted by Gasteiger charge is -2.00. The first-order valence-corrected chi connectivity index (χ1v) is 8.92. The topological polar surface area (TPSA) is 76.6 Å². The fraction of sp³-hybridized carbons (Fsp3) is 0.650. The molecule has 0 radical (unpaired) electrons. The molecule has 0 bridgehead atoms. The maximum absolute atomic E-state index is 10.2. The molecule has 0 unspecified atom stereocenters. The summed E-state index contributed by atoms with van der Waals surface area (Å²) < 4.78 is 0. The number of carboxylic acid groups (broad SMARTS) is 1. The van der Waals surface area contributed by atoms with Crippen LogP contribution in [0, 0.1) is 0 Å². The van der Waals surface area contributed by atoms with E-state index in [9.17, 15) is 9.90 Å². The van der Waals surface area contributed by atoms with Gasteiger partial charge >= 0.3 is 0 Å². The van der Waals surface area contributed by atoms with Gasteiger partial charge in [0.2, 0.25) is 0 Å². The molecule has 23 heavy (non-hydrogen) atoms. The molecule has 134 valence electrons. The number of allylic oxidation sites excluding steroid dienone is 6. The number of hydrogen-bond acceptors (Lipinski definition) is 2. The van der Waals surface area contributed by atoms with Crippen LogP contribution in [0.1, 0.15) is 84.0 Å². The summed E-state index contributed by atoms with van der Waals surface area (Å²) in [6, 6.07) is 0. The lowest BCUT2D eigenvalue weighted by Crippen LogP contribution is -2.21. The van der Waals surface area contributed by atoms with Crippen LogP contribution in [-0.4, -0.2) is 5.97 Å². The summed E-state index contributed by atoms with van der Waals surface area (Å²) in [5.41, 5.74) is 0. The second-order valence-electron chi connectivity index (χ2n) is 5.71. The lowest BCUT2D eigenvalue weighted by atomic mass is 10.1. The fourth-order valence-electron chi connectivity index (χ4n) is 2.18. The molecule has 0 spiro atoms. The van der Waals surface area contributed by atoms with Gasteiger partial charge in [-0.25, -0.2) is 0 Å². The Bertz CT molecular complexity index is 333. The van der Waals surface area contributed by atoms with Crippen LogP contribution in [0.25, 0.3) is 0 Å². The van der Waals surface area contributed by atoms with Crippen molar-refractivity contribution < 1.29 is 9.90 Å². The van der Waals surface area contributed by atoms with Gasteiger partial charge in [0, 0.05) is 5.97 Å². The molecule has 0 aromatic rings. The molecule has 0 aliphatic heterocycles. The first-order valence-electron chi connectivity index (χ1n) is 8.92. The highest BCUT2D eigenvalue weighted by Gasteiger charge is 1.89. The Hall–Kier alpha value is -1.35. The van der Waals surface area contributed by atoms with Crippen molar-refractivity contribution in [3.05, 3.63) is 36.5 Å². The number of carbonyl (C=O) groups is 1. The van der Waals surface area contributed by atoms with Crippen LogP contribution in [0.4, 0.5) is 0 Å². The molecule has 0 rings (SSSR count). The molecule has 0 amide bonds. The highest BCUT2D eigenvalue weighted by atomic mass is 16.4. The molecular weight excluding hydrogens is 286 g/mol. The Kier molecular flexibility index (Phi) is 21.5. The van der Waals surface area contributed by atoms with E-state index in [-0.39, 0.29) is 12.6 Å².